The van der Waals surface area contributed by atoms with E-state index in [2.05, 4.69) is 5.32 Å². The molecule has 0 saturated heterocycles. The van der Waals surface area contributed by atoms with Gasteiger partial charge in [-0.25, -0.2) is 4.79 Å². The first kappa shape index (κ1) is 15.8. The van der Waals surface area contributed by atoms with Crippen LogP contribution in [-0.2, 0) is 4.74 Å². The van der Waals surface area contributed by atoms with Gasteiger partial charge in [0.2, 0.25) is 0 Å². The van der Waals surface area contributed by atoms with Gasteiger partial charge in [0.15, 0.2) is 5.76 Å². The van der Waals surface area contributed by atoms with Gasteiger partial charge >= 0.3 is 5.97 Å². The molecule has 5 heteroatoms. The van der Waals surface area contributed by atoms with Crippen LogP contribution in [0.25, 0.3) is 11.0 Å². The number of para-hydroxylation sites is 1. The zero-order chi connectivity index (χ0) is 17.3. The Hall–Kier alpha value is -3.08. The van der Waals surface area contributed by atoms with Gasteiger partial charge in [0.25, 0.3) is 5.91 Å². The molecule has 1 amide bonds. The molecule has 1 N–H and O–H groups in total. The van der Waals surface area contributed by atoms with Gasteiger partial charge in [-0.3, -0.25) is 4.79 Å². The standard InChI is InChI=1S/C19H17NO4/c1-11-8-9-13-12(2)17(24-16(13)10-11)18(21)20-15-7-5-4-6-14(15)19(22)23-3/h4-10H,1-3H3,(H,20,21). The van der Waals surface area contributed by atoms with Gasteiger partial charge in [-0.15, -0.1) is 0 Å². The summed E-state index contributed by atoms with van der Waals surface area (Å²) in [6.45, 7) is 3.80. The van der Waals surface area contributed by atoms with Crippen molar-refractivity contribution >= 4 is 28.5 Å². The molecule has 0 aliphatic carbocycles. The Morgan fingerprint density at radius 3 is 2.58 bits per heavy atom. The van der Waals surface area contributed by atoms with Crippen LogP contribution >= 0.6 is 0 Å². The fourth-order valence-electron chi connectivity index (χ4n) is 2.61. The zero-order valence-electron chi connectivity index (χ0n) is 13.7. The fraction of sp³-hybridized carbons (Fsp3) is 0.158. The molecule has 3 aromatic rings. The molecule has 3 rings (SSSR count). The summed E-state index contributed by atoms with van der Waals surface area (Å²) in [6, 6.07) is 12.5. The Morgan fingerprint density at radius 2 is 1.83 bits per heavy atom. The summed E-state index contributed by atoms with van der Waals surface area (Å²) >= 11 is 0. The van der Waals surface area contributed by atoms with Gasteiger partial charge in [0.1, 0.15) is 5.58 Å². The van der Waals surface area contributed by atoms with Crippen molar-refractivity contribution in [2.45, 2.75) is 13.8 Å². The number of rotatable bonds is 3. The molecule has 1 aromatic heterocycles. The van der Waals surface area contributed by atoms with Crippen LogP contribution in [0, 0.1) is 13.8 Å². The molecule has 0 aliphatic rings. The molecule has 0 saturated carbocycles. The smallest absolute Gasteiger partial charge is 0.339 e. The molecule has 0 aliphatic heterocycles. The van der Waals surface area contributed by atoms with Gasteiger partial charge in [0, 0.05) is 10.9 Å². The molecule has 1 heterocycles. The first-order chi connectivity index (χ1) is 11.5. The number of aryl methyl sites for hydroxylation is 2. The van der Waals surface area contributed by atoms with E-state index in [1.54, 1.807) is 24.3 Å². The van der Waals surface area contributed by atoms with Crippen molar-refractivity contribution < 1.29 is 18.7 Å². The molecule has 122 valence electrons. The number of nitrogens with one attached hydrogen (secondary N) is 1. The molecule has 0 spiro atoms. The lowest BCUT2D eigenvalue weighted by Crippen LogP contribution is -2.15. The highest BCUT2D eigenvalue weighted by Crippen LogP contribution is 2.27. The number of amides is 1. The molecule has 0 unspecified atom stereocenters. The number of carbonyl (C=O) groups is 2. The van der Waals surface area contributed by atoms with Gasteiger partial charge in [-0.2, -0.15) is 0 Å². The minimum absolute atomic E-state index is 0.232. The summed E-state index contributed by atoms with van der Waals surface area (Å²) in [7, 11) is 1.30. The minimum atomic E-state index is -0.511. The van der Waals surface area contributed by atoms with Crippen molar-refractivity contribution in [3.8, 4) is 0 Å². The van der Waals surface area contributed by atoms with Crippen LogP contribution in [0.2, 0.25) is 0 Å². The van der Waals surface area contributed by atoms with Crippen LogP contribution in [0.1, 0.15) is 32.0 Å². The van der Waals surface area contributed by atoms with Crippen LogP contribution in [0.15, 0.2) is 46.9 Å². The van der Waals surface area contributed by atoms with E-state index in [0.29, 0.717) is 11.3 Å². The number of anilines is 1. The highest BCUT2D eigenvalue weighted by atomic mass is 16.5. The Morgan fingerprint density at radius 1 is 1.08 bits per heavy atom. The van der Waals surface area contributed by atoms with Crippen LogP contribution in [-0.4, -0.2) is 19.0 Å². The highest BCUT2D eigenvalue weighted by molar-refractivity contribution is 6.09. The number of carbonyl (C=O) groups excluding carboxylic acids is 2. The monoisotopic (exact) mass is 323 g/mol. The maximum Gasteiger partial charge on any atom is 0.339 e. The summed E-state index contributed by atoms with van der Waals surface area (Å²) < 4.78 is 10.4. The van der Waals surface area contributed by atoms with Crippen molar-refractivity contribution in [2.24, 2.45) is 0 Å². The van der Waals surface area contributed by atoms with Gasteiger partial charge in [-0.05, 0) is 37.6 Å². The molecular formula is C19H17NO4. The average molecular weight is 323 g/mol. The summed E-state index contributed by atoms with van der Waals surface area (Å²) in [6.07, 6.45) is 0. The highest BCUT2D eigenvalue weighted by Gasteiger charge is 2.20. The van der Waals surface area contributed by atoms with E-state index < -0.39 is 11.9 Å². The number of ether oxygens (including phenoxy) is 1. The number of hydrogen-bond donors (Lipinski definition) is 1. The molecule has 0 fully saturated rings. The van der Waals surface area contributed by atoms with Crippen molar-refractivity contribution in [1.29, 1.82) is 0 Å². The summed E-state index contributed by atoms with van der Waals surface area (Å²) in [5.74, 6) is -0.684. The number of hydrogen-bond acceptors (Lipinski definition) is 4. The summed E-state index contributed by atoms with van der Waals surface area (Å²) in [5.41, 5.74) is 3.15. The Kier molecular flexibility index (Phi) is 4.08. The number of fused-ring (bicyclic) bond motifs is 1. The van der Waals surface area contributed by atoms with Crippen molar-refractivity contribution in [3.05, 3.63) is 64.9 Å². The number of benzene rings is 2. The lowest BCUT2D eigenvalue weighted by atomic mass is 10.1. The van der Waals surface area contributed by atoms with E-state index in [9.17, 15) is 9.59 Å². The topological polar surface area (TPSA) is 68.5 Å². The van der Waals surface area contributed by atoms with Gasteiger partial charge in [0.05, 0.1) is 18.4 Å². The molecular weight excluding hydrogens is 306 g/mol. The predicted molar refractivity (Wildman–Crippen MR) is 91.4 cm³/mol. The van der Waals surface area contributed by atoms with E-state index in [4.69, 9.17) is 9.15 Å². The van der Waals surface area contributed by atoms with Crippen LogP contribution in [0.3, 0.4) is 0 Å². The second kappa shape index (κ2) is 6.20. The van der Waals surface area contributed by atoms with Gasteiger partial charge in [-0.1, -0.05) is 24.3 Å². The number of methoxy groups -OCH3 is 1. The van der Waals surface area contributed by atoms with E-state index in [0.717, 1.165) is 16.5 Å². The summed E-state index contributed by atoms with van der Waals surface area (Å²) in [5, 5.41) is 3.62. The second-order valence-corrected chi connectivity index (χ2v) is 5.55. The quantitative estimate of drug-likeness (QED) is 0.737. The first-order valence-corrected chi connectivity index (χ1v) is 7.49. The summed E-state index contributed by atoms with van der Waals surface area (Å²) in [4.78, 5) is 24.4. The Bertz CT molecular complexity index is 940. The lowest BCUT2D eigenvalue weighted by molar-refractivity contribution is 0.0602. The molecule has 0 bridgehead atoms. The Labute approximate surface area is 139 Å². The molecule has 5 nitrogen and oxygen atoms in total. The average Bonchev–Trinajstić information content (AvgIpc) is 2.90. The van der Waals surface area contributed by atoms with Crippen LogP contribution < -0.4 is 5.32 Å². The third-order valence-corrected chi connectivity index (χ3v) is 3.88. The SMILES string of the molecule is COC(=O)c1ccccc1NC(=O)c1oc2cc(C)ccc2c1C. The minimum Gasteiger partial charge on any atom is -0.465 e. The lowest BCUT2D eigenvalue weighted by Gasteiger charge is -2.08. The van der Waals surface area contributed by atoms with E-state index in [1.165, 1.54) is 7.11 Å². The molecule has 0 radical (unpaired) electrons. The van der Waals surface area contributed by atoms with Crippen molar-refractivity contribution in [2.75, 3.05) is 12.4 Å². The van der Waals surface area contributed by atoms with E-state index in [1.807, 2.05) is 32.0 Å². The van der Waals surface area contributed by atoms with Crippen molar-refractivity contribution in [1.82, 2.24) is 0 Å². The molecule has 0 atom stereocenters. The second-order valence-electron chi connectivity index (χ2n) is 5.55. The largest absolute Gasteiger partial charge is 0.465 e. The third kappa shape index (κ3) is 2.76. The van der Waals surface area contributed by atoms with Crippen LogP contribution in [0.4, 0.5) is 5.69 Å². The molecule has 24 heavy (non-hydrogen) atoms. The van der Waals surface area contributed by atoms with Crippen LogP contribution in [0.5, 0.6) is 0 Å². The fourth-order valence-corrected chi connectivity index (χ4v) is 2.61. The molecule has 2 aromatic carbocycles. The predicted octanol–water partition coefficient (Wildman–Crippen LogP) is 4.09. The Balaban J connectivity index is 1.97. The van der Waals surface area contributed by atoms with Gasteiger partial charge < -0.3 is 14.5 Å². The maximum absolute atomic E-state index is 12.6. The normalized spacial score (nSPS) is 10.6. The van der Waals surface area contributed by atoms with Crippen molar-refractivity contribution in [3.63, 3.8) is 0 Å². The first-order valence-electron chi connectivity index (χ1n) is 7.49. The zero-order valence-corrected chi connectivity index (χ0v) is 13.7. The number of esters is 1. The van der Waals surface area contributed by atoms with E-state index >= 15 is 0 Å². The number of furan rings is 1. The van der Waals surface area contributed by atoms with E-state index in [-0.39, 0.29) is 11.3 Å². The third-order valence-electron chi connectivity index (χ3n) is 3.88. The maximum atomic E-state index is 12.6.